The van der Waals surface area contributed by atoms with E-state index in [1.165, 1.54) is 0 Å². The molecule has 0 aliphatic rings. The maximum atomic E-state index is 8.57. The van der Waals surface area contributed by atoms with Gasteiger partial charge in [-0.1, -0.05) is 6.58 Å². The normalized spacial score (nSPS) is 10.1. The summed E-state index contributed by atoms with van der Waals surface area (Å²) < 4.78 is 0. The molecule has 3 nitrogen and oxygen atoms in total. The summed E-state index contributed by atoms with van der Waals surface area (Å²) in [5, 5.41) is 25.5. The number of hydrogen-bond donors (Lipinski definition) is 3. The molecule has 3 N–H and O–H groups in total. The van der Waals surface area contributed by atoms with E-state index in [-0.39, 0.29) is 31.3 Å². The van der Waals surface area contributed by atoms with Gasteiger partial charge in [0.15, 0.2) is 0 Å². The minimum Gasteiger partial charge on any atom is -0.513 e. The molecule has 0 aromatic rings. The van der Waals surface area contributed by atoms with Crippen LogP contribution in [0.15, 0.2) is 12.3 Å². The summed E-state index contributed by atoms with van der Waals surface area (Å²) in [5.74, 6) is -0.259. The second-order valence-corrected chi connectivity index (χ2v) is 2.00. The van der Waals surface area contributed by atoms with Gasteiger partial charge >= 0.3 is 0 Å². The minimum atomic E-state index is -0.262. The van der Waals surface area contributed by atoms with E-state index in [4.69, 9.17) is 15.3 Å². The van der Waals surface area contributed by atoms with Crippen molar-refractivity contribution in [3.8, 4) is 0 Å². The molecule has 0 atom stereocenters. The molecule has 0 saturated heterocycles. The summed E-state index contributed by atoms with van der Waals surface area (Å²) >= 11 is 0. The van der Waals surface area contributed by atoms with E-state index in [1.807, 2.05) is 0 Å². The molecule has 0 aromatic carbocycles. The summed E-state index contributed by atoms with van der Waals surface area (Å²) in [6, 6.07) is 0. The molecule has 0 heterocycles. The topological polar surface area (TPSA) is 60.7 Å². The van der Waals surface area contributed by atoms with E-state index in [0.29, 0.717) is 0 Å². The summed E-state index contributed by atoms with van der Waals surface area (Å²) in [6.45, 7) is 2.99. The minimum absolute atomic E-state index is 0.00287. The summed E-state index contributed by atoms with van der Waals surface area (Å²) in [4.78, 5) is 0. The monoisotopic (exact) mass is 132 g/mol. The third kappa shape index (κ3) is 4.00. The van der Waals surface area contributed by atoms with Crippen molar-refractivity contribution in [3.63, 3.8) is 0 Å². The lowest BCUT2D eigenvalue weighted by atomic mass is 10.1. The van der Waals surface area contributed by atoms with Crippen molar-refractivity contribution >= 4 is 0 Å². The van der Waals surface area contributed by atoms with Crippen LogP contribution in [0, 0.1) is 5.92 Å². The fourth-order valence-corrected chi connectivity index (χ4v) is 0.520. The average Bonchev–Trinajstić information content (AvgIpc) is 1.82. The lowest BCUT2D eigenvalue weighted by Crippen LogP contribution is -2.11. The molecule has 54 valence electrons. The first-order valence-electron chi connectivity index (χ1n) is 2.79. The largest absolute Gasteiger partial charge is 0.513 e. The van der Waals surface area contributed by atoms with Gasteiger partial charge in [0.1, 0.15) is 0 Å². The maximum Gasteiger partial charge on any atom is 0.0855 e. The van der Waals surface area contributed by atoms with Crippen LogP contribution in [0.25, 0.3) is 0 Å². The van der Waals surface area contributed by atoms with Crippen LogP contribution in [0.2, 0.25) is 0 Å². The van der Waals surface area contributed by atoms with Crippen molar-refractivity contribution in [1.82, 2.24) is 0 Å². The molecular weight excluding hydrogens is 120 g/mol. The highest BCUT2D eigenvalue weighted by Gasteiger charge is 2.05. The smallest absolute Gasteiger partial charge is 0.0855 e. The van der Waals surface area contributed by atoms with Gasteiger partial charge in [-0.3, -0.25) is 0 Å². The second-order valence-electron chi connectivity index (χ2n) is 2.00. The lowest BCUT2D eigenvalue weighted by Gasteiger charge is -2.07. The Morgan fingerprint density at radius 2 is 1.78 bits per heavy atom. The van der Waals surface area contributed by atoms with Crippen LogP contribution in [-0.4, -0.2) is 28.5 Å². The summed E-state index contributed by atoms with van der Waals surface area (Å²) in [5.41, 5.74) is 0. The Hall–Kier alpha value is -0.540. The van der Waals surface area contributed by atoms with Gasteiger partial charge in [0.25, 0.3) is 0 Å². The molecule has 0 unspecified atom stereocenters. The number of aliphatic hydroxyl groups is 3. The van der Waals surface area contributed by atoms with Crippen LogP contribution in [0.1, 0.15) is 6.42 Å². The predicted molar refractivity (Wildman–Crippen MR) is 34.0 cm³/mol. The highest BCUT2D eigenvalue weighted by molar-refractivity contribution is 4.81. The SMILES string of the molecule is C=C(O)CC(CO)CO. The van der Waals surface area contributed by atoms with Crippen molar-refractivity contribution in [1.29, 1.82) is 0 Å². The van der Waals surface area contributed by atoms with Crippen molar-refractivity contribution in [2.45, 2.75) is 6.42 Å². The standard InChI is InChI=1S/C6H12O3/c1-5(9)2-6(3-7)4-8/h6-9H,1-4H2. The Morgan fingerprint density at radius 1 is 1.33 bits per heavy atom. The van der Waals surface area contributed by atoms with Gasteiger partial charge in [-0.2, -0.15) is 0 Å². The third-order valence-electron chi connectivity index (χ3n) is 1.04. The van der Waals surface area contributed by atoms with Crippen LogP contribution >= 0.6 is 0 Å². The van der Waals surface area contributed by atoms with Crippen LogP contribution in [0.3, 0.4) is 0 Å². The fourth-order valence-electron chi connectivity index (χ4n) is 0.520. The Balaban J connectivity index is 3.43. The van der Waals surface area contributed by atoms with Gasteiger partial charge < -0.3 is 15.3 Å². The zero-order chi connectivity index (χ0) is 7.28. The Kier molecular flexibility index (Phi) is 4.09. The Labute approximate surface area is 54.3 Å². The fraction of sp³-hybridized carbons (Fsp3) is 0.667. The predicted octanol–water partition coefficient (Wildman–Crippen LogP) is 0.0490. The average molecular weight is 132 g/mol. The highest BCUT2D eigenvalue weighted by Crippen LogP contribution is 2.05. The van der Waals surface area contributed by atoms with E-state index in [9.17, 15) is 0 Å². The van der Waals surface area contributed by atoms with Gasteiger partial charge in [0, 0.05) is 25.6 Å². The number of allylic oxidation sites excluding steroid dienone is 1. The molecule has 0 saturated carbocycles. The molecule has 9 heavy (non-hydrogen) atoms. The Morgan fingerprint density at radius 3 is 1.89 bits per heavy atom. The van der Waals surface area contributed by atoms with E-state index in [0.717, 1.165) is 0 Å². The van der Waals surface area contributed by atoms with Gasteiger partial charge in [0.05, 0.1) is 5.76 Å². The second kappa shape index (κ2) is 4.35. The zero-order valence-corrected chi connectivity index (χ0v) is 5.25. The van der Waals surface area contributed by atoms with Gasteiger partial charge in [-0.25, -0.2) is 0 Å². The molecule has 0 aromatic heterocycles. The molecule has 0 aliphatic heterocycles. The van der Waals surface area contributed by atoms with Crippen molar-refractivity contribution < 1.29 is 15.3 Å². The highest BCUT2D eigenvalue weighted by atomic mass is 16.3. The lowest BCUT2D eigenvalue weighted by molar-refractivity contribution is 0.140. The van der Waals surface area contributed by atoms with E-state index >= 15 is 0 Å². The third-order valence-corrected chi connectivity index (χ3v) is 1.04. The van der Waals surface area contributed by atoms with Gasteiger partial charge in [-0.15, -0.1) is 0 Å². The first-order chi connectivity index (χ1) is 4.20. The van der Waals surface area contributed by atoms with Crippen molar-refractivity contribution in [2.75, 3.05) is 13.2 Å². The summed E-state index contributed by atoms with van der Waals surface area (Å²) in [7, 11) is 0. The zero-order valence-electron chi connectivity index (χ0n) is 5.25. The number of rotatable bonds is 4. The van der Waals surface area contributed by atoms with E-state index < -0.39 is 0 Å². The quantitative estimate of drug-likeness (QED) is 0.473. The van der Waals surface area contributed by atoms with Crippen LogP contribution in [0.4, 0.5) is 0 Å². The van der Waals surface area contributed by atoms with Gasteiger partial charge in [0.2, 0.25) is 0 Å². The van der Waals surface area contributed by atoms with Crippen LogP contribution in [-0.2, 0) is 0 Å². The van der Waals surface area contributed by atoms with E-state index in [1.54, 1.807) is 0 Å². The summed E-state index contributed by atoms with van der Waals surface area (Å²) in [6.07, 6.45) is 0.271. The van der Waals surface area contributed by atoms with E-state index in [2.05, 4.69) is 6.58 Å². The first-order valence-corrected chi connectivity index (χ1v) is 2.79. The molecule has 0 radical (unpaired) electrons. The molecule has 3 heteroatoms. The Bertz CT molecular complexity index is 86.3. The van der Waals surface area contributed by atoms with Crippen LogP contribution in [0.5, 0.6) is 0 Å². The molecule has 0 aliphatic carbocycles. The van der Waals surface area contributed by atoms with Crippen LogP contribution < -0.4 is 0 Å². The first kappa shape index (κ1) is 8.46. The molecule has 0 amide bonds. The number of aliphatic hydroxyl groups excluding tert-OH is 3. The van der Waals surface area contributed by atoms with Crippen molar-refractivity contribution in [2.24, 2.45) is 5.92 Å². The van der Waals surface area contributed by atoms with Crippen molar-refractivity contribution in [3.05, 3.63) is 12.3 Å². The molecule has 0 rings (SSSR count). The molecule has 0 bridgehead atoms. The maximum absolute atomic E-state index is 8.57. The molecule has 0 fully saturated rings. The van der Waals surface area contributed by atoms with Gasteiger partial charge in [-0.05, 0) is 0 Å². The number of hydrogen-bond acceptors (Lipinski definition) is 3. The molecule has 0 spiro atoms. The molecular formula is C6H12O3.